The number of anilines is 1. The number of benzene rings is 1. The molecular weight excluding hydrogens is 231 g/mol. The van der Waals surface area contributed by atoms with Gasteiger partial charge in [0.05, 0.1) is 4.90 Å². The Morgan fingerprint density at radius 1 is 1.27 bits per heavy atom. The summed E-state index contributed by atoms with van der Waals surface area (Å²) < 4.78 is 58.3. The lowest BCUT2D eigenvalue weighted by Crippen LogP contribution is -2.23. The molecule has 7 heteroatoms. The maximum Gasteiger partial charge on any atom is 0.501 e. The van der Waals surface area contributed by atoms with Crippen LogP contribution >= 0.6 is 0 Å². The van der Waals surface area contributed by atoms with E-state index in [2.05, 4.69) is 0 Å². The predicted molar refractivity (Wildman–Crippen MR) is 48.8 cm³/mol. The first-order valence-electron chi connectivity index (χ1n) is 3.84. The highest BCUT2D eigenvalue weighted by Crippen LogP contribution is 2.31. The molecule has 0 aromatic heterocycles. The summed E-state index contributed by atoms with van der Waals surface area (Å²) in [5.74, 6) is 0. The minimum Gasteiger partial charge on any atom is -0.399 e. The summed E-state index contributed by atoms with van der Waals surface area (Å²) in [4.78, 5) is -0.790. The molecule has 1 aromatic carbocycles. The molecular formula is C8H8F3NO2S. The number of nitrogen functional groups attached to an aromatic ring is 1. The molecule has 0 unspecified atom stereocenters. The van der Waals surface area contributed by atoms with Crippen LogP contribution in [0.25, 0.3) is 0 Å². The first kappa shape index (κ1) is 11.8. The smallest absolute Gasteiger partial charge is 0.399 e. The Morgan fingerprint density at radius 2 is 1.80 bits per heavy atom. The summed E-state index contributed by atoms with van der Waals surface area (Å²) in [5.41, 5.74) is 0.621. The molecule has 0 bridgehead atoms. The number of rotatable bonds is 1. The van der Waals surface area contributed by atoms with Gasteiger partial charge in [0.2, 0.25) is 0 Å². The van der Waals surface area contributed by atoms with Gasteiger partial charge in [-0.2, -0.15) is 13.2 Å². The van der Waals surface area contributed by atoms with Gasteiger partial charge in [0.15, 0.2) is 0 Å². The predicted octanol–water partition coefficient (Wildman–Crippen LogP) is 1.87. The van der Waals surface area contributed by atoms with E-state index in [1.807, 2.05) is 0 Å². The van der Waals surface area contributed by atoms with E-state index in [1.54, 1.807) is 0 Å². The Kier molecular flexibility index (Phi) is 2.69. The fourth-order valence-electron chi connectivity index (χ4n) is 0.949. The summed E-state index contributed by atoms with van der Waals surface area (Å²) in [6, 6.07) is 2.87. The van der Waals surface area contributed by atoms with E-state index in [0.29, 0.717) is 5.56 Å². The van der Waals surface area contributed by atoms with Crippen molar-refractivity contribution in [3.8, 4) is 0 Å². The fourth-order valence-corrected chi connectivity index (χ4v) is 1.80. The molecule has 3 nitrogen and oxygen atoms in total. The molecule has 0 saturated heterocycles. The fraction of sp³-hybridized carbons (Fsp3) is 0.250. The number of aryl methyl sites for hydroxylation is 1. The molecule has 0 radical (unpaired) electrons. The highest BCUT2D eigenvalue weighted by Gasteiger charge is 2.46. The normalized spacial score (nSPS) is 12.8. The van der Waals surface area contributed by atoms with Gasteiger partial charge in [-0.25, -0.2) is 8.42 Å². The second-order valence-electron chi connectivity index (χ2n) is 2.97. The van der Waals surface area contributed by atoms with Crippen molar-refractivity contribution in [1.82, 2.24) is 0 Å². The van der Waals surface area contributed by atoms with Crippen LogP contribution in [0.15, 0.2) is 23.1 Å². The van der Waals surface area contributed by atoms with Crippen molar-refractivity contribution in [2.75, 3.05) is 5.73 Å². The number of alkyl halides is 3. The number of halogens is 3. The Morgan fingerprint density at radius 3 is 2.20 bits per heavy atom. The zero-order chi connectivity index (χ0) is 11.9. The van der Waals surface area contributed by atoms with Crippen LogP contribution in [0.1, 0.15) is 5.56 Å². The van der Waals surface area contributed by atoms with Crippen molar-refractivity contribution >= 4 is 15.5 Å². The SMILES string of the molecule is Cc1cc(S(=O)(=O)C(F)(F)F)ccc1N. The molecule has 84 valence electrons. The molecule has 0 aliphatic rings. The molecule has 2 N–H and O–H groups in total. The van der Waals surface area contributed by atoms with Gasteiger partial charge in [-0.15, -0.1) is 0 Å². The lowest BCUT2D eigenvalue weighted by molar-refractivity contribution is -0.0436. The standard InChI is InChI=1S/C8H8F3NO2S/c1-5-4-6(2-3-7(5)12)15(13,14)8(9,10)11/h2-4H,12H2,1H3. The van der Waals surface area contributed by atoms with Gasteiger partial charge in [-0.05, 0) is 30.7 Å². The van der Waals surface area contributed by atoms with Gasteiger partial charge in [-0.1, -0.05) is 0 Å². The average molecular weight is 239 g/mol. The Bertz CT molecular complexity index is 479. The number of nitrogens with two attached hydrogens (primary N) is 1. The van der Waals surface area contributed by atoms with E-state index >= 15 is 0 Å². The van der Waals surface area contributed by atoms with Crippen molar-refractivity contribution in [2.24, 2.45) is 0 Å². The minimum absolute atomic E-state index is 0.246. The molecule has 1 aromatic rings. The zero-order valence-corrected chi connectivity index (χ0v) is 8.48. The molecule has 0 amide bonds. The van der Waals surface area contributed by atoms with E-state index in [1.165, 1.54) is 6.92 Å². The van der Waals surface area contributed by atoms with Crippen LogP contribution in [-0.4, -0.2) is 13.9 Å². The largest absolute Gasteiger partial charge is 0.501 e. The monoisotopic (exact) mass is 239 g/mol. The first-order valence-corrected chi connectivity index (χ1v) is 5.32. The maximum atomic E-state index is 12.1. The van der Waals surface area contributed by atoms with Crippen molar-refractivity contribution in [2.45, 2.75) is 17.3 Å². The van der Waals surface area contributed by atoms with E-state index < -0.39 is 20.2 Å². The summed E-state index contributed by atoms with van der Waals surface area (Å²) in [6.07, 6.45) is 0. The summed E-state index contributed by atoms with van der Waals surface area (Å²) in [6.45, 7) is 1.44. The van der Waals surface area contributed by atoms with Crippen LogP contribution in [0.4, 0.5) is 18.9 Å². The number of hydrogen-bond acceptors (Lipinski definition) is 3. The molecule has 0 aliphatic heterocycles. The van der Waals surface area contributed by atoms with Crippen LogP contribution in [0.2, 0.25) is 0 Å². The van der Waals surface area contributed by atoms with Crippen molar-refractivity contribution in [3.05, 3.63) is 23.8 Å². The highest BCUT2D eigenvalue weighted by atomic mass is 32.2. The van der Waals surface area contributed by atoms with Gasteiger partial charge >= 0.3 is 5.51 Å². The third-order valence-corrected chi connectivity index (χ3v) is 3.34. The molecule has 0 aliphatic carbocycles. The molecule has 0 atom stereocenters. The molecule has 0 heterocycles. The lowest BCUT2D eigenvalue weighted by Gasteiger charge is -2.09. The molecule has 0 saturated carbocycles. The van der Waals surface area contributed by atoms with Crippen molar-refractivity contribution < 1.29 is 21.6 Å². The van der Waals surface area contributed by atoms with E-state index in [-0.39, 0.29) is 5.69 Å². The quantitative estimate of drug-likeness (QED) is 0.761. The zero-order valence-electron chi connectivity index (χ0n) is 7.67. The first-order chi connectivity index (χ1) is 6.66. The topological polar surface area (TPSA) is 60.2 Å². The van der Waals surface area contributed by atoms with E-state index in [4.69, 9.17) is 5.73 Å². The third kappa shape index (κ3) is 2.06. The third-order valence-electron chi connectivity index (χ3n) is 1.86. The highest BCUT2D eigenvalue weighted by molar-refractivity contribution is 7.92. The molecule has 0 spiro atoms. The second kappa shape index (κ2) is 3.41. The minimum atomic E-state index is -5.28. The van der Waals surface area contributed by atoms with Crippen LogP contribution in [0.5, 0.6) is 0 Å². The number of sulfone groups is 1. The van der Waals surface area contributed by atoms with Crippen molar-refractivity contribution in [1.29, 1.82) is 0 Å². The lowest BCUT2D eigenvalue weighted by atomic mass is 10.2. The average Bonchev–Trinajstić information content (AvgIpc) is 2.07. The Balaban J connectivity index is 3.36. The van der Waals surface area contributed by atoms with Gasteiger partial charge < -0.3 is 5.73 Å². The molecule has 15 heavy (non-hydrogen) atoms. The van der Waals surface area contributed by atoms with Crippen molar-refractivity contribution in [3.63, 3.8) is 0 Å². The van der Waals surface area contributed by atoms with Gasteiger partial charge in [-0.3, -0.25) is 0 Å². The summed E-state index contributed by atoms with van der Waals surface area (Å²) in [7, 11) is -5.27. The van der Waals surface area contributed by atoms with Gasteiger partial charge in [0.1, 0.15) is 0 Å². The Hall–Kier alpha value is -1.24. The second-order valence-corrected chi connectivity index (χ2v) is 4.91. The maximum absolute atomic E-state index is 12.1. The summed E-state index contributed by atoms with van der Waals surface area (Å²) in [5, 5.41) is 0. The van der Waals surface area contributed by atoms with Crippen LogP contribution in [-0.2, 0) is 9.84 Å². The van der Waals surface area contributed by atoms with Gasteiger partial charge in [0, 0.05) is 5.69 Å². The van der Waals surface area contributed by atoms with E-state index in [0.717, 1.165) is 18.2 Å². The van der Waals surface area contributed by atoms with Crippen LogP contribution < -0.4 is 5.73 Å². The summed E-state index contributed by atoms with van der Waals surface area (Å²) >= 11 is 0. The number of hydrogen-bond donors (Lipinski definition) is 1. The van der Waals surface area contributed by atoms with E-state index in [9.17, 15) is 21.6 Å². The molecule has 0 fully saturated rings. The van der Waals surface area contributed by atoms with Crippen LogP contribution in [0.3, 0.4) is 0 Å². The Labute approximate surface area is 84.6 Å². The molecule has 1 rings (SSSR count). The van der Waals surface area contributed by atoms with Gasteiger partial charge in [0.25, 0.3) is 9.84 Å². The van der Waals surface area contributed by atoms with Crippen LogP contribution in [0, 0.1) is 6.92 Å².